The van der Waals surface area contributed by atoms with E-state index in [-0.39, 0.29) is 5.69 Å². The molecular formula is C17H16N4O4. The van der Waals surface area contributed by atoms with E-state index < -0.39 is 4.92 Å². The summed E-state index contributed by atoms with van der Waals surface area (Å²) < 4.78 is 10.8. The van der Waals surface area contributed by atoms with Gasteiger partial charge < -0.3 is 9.47 Å². The molecule has 0 unspecified atom stereocenters. The normalized spacial score (nSPS) is 10.5. The Morgan fingerprint density at radius 3 is 2.72 bits per heavy atom. The number of hydrogen-bond donors (Lipinski definition) is 1. The number of para-hydroxylation sites is 1. The standard InChI is InChI=1S/C17H16N4O4/c1-3-25-14-9-8-11(10-15(14)24-2)16-18-17(20-19-16)12-6-4-5-7-13(12)21(22)23/h4-10H,3H2,1-2H3,(H,18,19,20). The van der Waals surface area contributed by atoms with E-state index in [1.54, 1.807) is 43.5 Å². The van der Waals surface area contributed by atoms with Crippen LogP contribution in [0.5, 0.6) is 11.5 Å². The minimum Gasteiger partial charge on any atom is -0.493 e. The Balaban J connectivity index is 1.99. The van der Waals surface area contributed by atoms with Gasteiger partial charge in [-0.1, -0.05) is 12.1 Å². The highest BCUT2D eigenvalue weighted by Gasteiger charge is 2.18. The third-order valence-corrected chi connectivity index (χ3v) is 3.56. The second kappa shape index (κ2) is 7.00. The van der Waals surface area contributed by atoms with Gasteiger partial charge in [0.25, 0.3) is 5.69 Å². The van der Waals surface area contributed by atoms with Crippen molar-refractivity contribution in [3.63, 3.8) is 0 Å². The SMILES string of the molecule is CCOc1ccc(-c2n[nH]c(-c3ccccc3[N+](=O)[O-])n2)cc1OC. The number of nitro benzene ring substituents is 1. The van der Waals surface area contributed by atoms with Crippen LogP contribution in [-0.4, -0.2) is 33.8 Å². The zero-order valence-electron chi connectivity index (χ0n) is 13.7. The van der Waals surface area contributed by atoms with Gasteiger partial charge in [0, 0.05) is 11.6 Å². The maximum Gasteiger partial charge on any atom is 0.280 e. The van der Waals surface area contributed by atoms with Gasteiger partial charge in [0.1, 0.15) is 0 Å². The Labute approximate surface area is 143 Å². The molecule has 0 atom stereocenters. The van der Waals surface area contributed by atoms with E-state index in [2.05, 4.69) is 15.2 Å². The van der Waals surface area contributed by atoms with Crippen molar-refractivity contribution in [3.05, 3.63) is 52.6 Å². The number of nitro groups is 1. The molecule has 1 N–H and O–H groups in total. The van der Waals surface area contributed by atoms with Crippen LogP contribution in [0.3, 0.4) is 0 Å². The summed E-state index contributed by atoms with van der Waals surface area (Å²) in [5, 5.41) is 18.1. The Bertz CT molecular complexity index is 907. The number of benzene rings is 2. The molecule has 8 heteroatoms. The number of H-pyrrole nitrogens is 1. The van der Waals surface area contributed by atoms with E-state index in [1.807, 2.05) is 6.92 Å². The molecule has 1 heterocycles. The maximum absolute atomic E-state index is 11.2. The number of aromatic amines is 1. The molecule has 0 radical (unpaired) electrons. The largest absolute Gasteiger partial charge is 0.493 e. The van der Waals surface area contributed by atoms with Crippen molar-refractivity contribution in [1.82, 2.24) is 15.2 Å². The summed E-state index contributed by atoms with van der Waals surface area (Å²) in [4.78, 5) is 15.1. The molecule has 3 rings (SSSR count). The van der Waals surface area contributed by atoms with Crippen LogP contribution in [0.25, 0.3) is 22.8 Å². The second-order valence-corrected chi connectivity index (χ2v) is 5.08. The van der Waals surface area contributed by atoms with Gasteiger partial charge in [-0.2, -0.15) is 5.10 Å². The lowest BCUT2D eigenvalue weighted by atomic mass is 10.1. The average Bonchev–Trinajstić information content (AvgIpc) is 3.12. The number of nitrogens with one attached hydrogen (secondary N) is 1. The summed E-state index contributed by atoms with van der Waals surface area (Å²) in [5.74, 6) is 1.93. The number of nitrogens with zero attached hydrogens (tertiary/aromatic N) is 3. The molecule has 0 fully saturated rings. The van der Waals surface area contributed by atoms with Crippen molar-refractivity contribution in [2.24, 2.45) is 0 Å². The molecule has 2 aromatic carbocycles. The van der Waals surface area contributed by atoms with Crippen molar-refractivity contribution >= 4 is 5.69 Å². The predicted molar refractivity (Wildman–Crippen MR) is 91.6 cm³/mol. The lowest BCUT2D eigenvalue weighted by Gasteiger charge is -2.09. The molecule has 8 nitrogen and oxygen atoms in total. The number of ether oxygens (including phenoxy) is 2. The predicted octanol–water partition coefficient (Wildman–Crippen LogP) is 3.45. The van der Waals surface area contributed by atoms with Crippen LogP contribution in [0.1, 0.15) is 6.92 Å². The van der Waals surface area contributed by atoms with E-state index in [0.29, 0.717) is 40.9 Å². The second-order valence-electron chi connectivity index (χ2n) is 5.08. The Hall–Kier alpha value is -3.42. The topological polar surface area (TPSA) is 103 Å². The number of hydrogen-bond acceptors (Lipinski definition) is 6. The van der Waals surface area contributed by atoms with Gasteiger partial charge in [-0.05, 0) is 31.2 Å². The summed E-state index contributed by atoms with van der Waals surface area (Å²) in [6, 6.07) is 11.7. The van der Waals surface area contributed by atoms with Crippen LogP contribution in [-0.2, 0) is 0 Å². The molecule has 3 aromatic rings. The van der Waals surface area contributed by atoms with Gasteiger partial charge in [-0.3, -0.25) is 15.2 Å². The van der Waals surface area contributed by atoms with E-state index in [4.69, 9.17) is 9.47 Å². The zero-order chi connectivity index (χ0) is 17.8. The summed E-state index contributed by atoms with van der Waals surface area (Å²) in [6.07, 6.45) is 0. The van der Waals surface area contributed by atoms with Gasteiger partial charge in [0.2, 0.25) is 0 Å². The molecule has 1 aromatic heterocycles. The van der Waals surface area contributed by atoms with Crippen LogP contribution in [0.4, 0.5) is 5.69 Å². The highest BCUT2D eigenvalue weighted by molar-refractivity contribution is 5.70. The van der Waals surface area contributed by atoms with Crippen molar-refractivity contribution in [1.29, 1.82) is 0 Å². The fourth-order valence-electron chi connectivity index (χ4n) is 2.43. The van der Waals surface area contributed by atoms with Gasteiger partial charge in [-0.25, -0.2) is 4.98 Å². The number of aromatic nitrogens is 3. The van der Waals surface area contributed by atoms with Crippen molar-refractivity contribution in [3.8, 4) is 34.3 Å². The van der Waals surface area contributed by atoms with Crippen molar-refractivity contribution in [2.45, 2.75) is 6.92 Å². The summed E-state index contributed by atoms with van der Waals surface area (Å²) in [7, 11) is 1.55. The van der Waals surface area contributed by atoms with E-state index in [0.717, 1.165) is 0 Å². The lowest BCUT2D eigenvalue weighted by Crippen LogP contribution is -1.95. The first kappa shape index (κ1) is 16.4. The highest BCUT2D eigenvalue weighted by atomic mass is 16.6. The van der Waals surface area contributed by atoms with Crippen LogP contribution in [0.2, 0.25) is 0 Å². The van der Waals surface area contributed by atoms with Crippen molar-refractivity contribution in [2.75, 3.05) is 13.7 Å². The molecule has 25 heavy (non-hydrogen) atoms. The van der Waals surface area contributed by atoms with Crippen LogP contribution >= 0.6 is 0 Å². The van der Waals surface area contributed by atoms with Crippen molar-refractivity contribution < 1.29 is 14.4 Å². The zero-order valence-corrected chi connectivity index (χ0v) is 13.7. The van der Waals surface area contributed by atoms with Gasteiger partial charge in [0.15, 0.2) is 23.1 Å². The average molecular weight is 340 g/mol. The molecule has 0 bridgehead atoms. The van der Waals surface area contributed by atoms with Crippen LogP contribution < -0.4 is 9.47 Å². The minimum atomic E-state index is -0.447. The monoisotopic (exact) mass is 340 g/mol. The number of methoxy groups -OCH3 is 1. The van der Waals surface area contributed by atoms with Gasteiger partial charge in [-0.15, -0.1) is 0 Å². The number of rotatable bonds is 6. The molecule has 0 aliphatic heterocycles. The van der Waals surface area contributed by atoms with E-state index >= 15 is 0 Å². The highest BCUT2D eigenvalue weighted by Crippen LogP contribution is 2.33. The maximum atomic E-state index is 11.2. The molecule has 0 saturated heterocycles. The first-order chi connectivity index (χ1) is 12.1. The molecule has 0 amide bonds. The van der Waals surface area contributed by atoms with Gasteiger partial charge >= 0.3 is 0 Å². The molecule has 128 valence electrons. The van der Waals surface area contributed by atoms with E-state index in [1.165, 1.54) is 6.07 Å². The van der Waals surface area contributed by atoms with E-state index in [9.17, 15) is 10.1 Å². The summed E-state index contributed by atoms with van der Waals surface area (Å²) in [5.41, 5.74) is 1.06. The molecular weight excluding hydrogens is 324 g/mol. The quantitative estimate of drug-likeness (QED) is 0.544. The first-order valence-electron chi connectivity index (χ1n) is 7.61. The summed E-state index contributed by atoms with van der Waals surface area (Å²) in [6.45, 7) is 2.42. The minimum absolute atomic E-state index is 0.0329. The molecule has 0 aliphatic rings. The Morgan fingerprint density at radius 2 is 2.00 bits per heavy atom. The fourth-order valence-corrected chi connectivity index (χ4v) is 2.43. The Kier molecular flexibility index (Phi) is 4.60. The van der Waals surface area contributed by atoms with Crippen LogP contribution in [0.15, 0.2) is 42.5 Å². The summed E-state index contributed by atoms with van der Waals surface area (Å²) >= 11 is 0. The Morgan fingerprint density at radius 1 is 1.20 bits per heavy atom. The molecule has 0 spiro atoms. The van der Waals surface area contributed by atoms with Gasteiger partial charge in [0.05, 0.1) is 24.2 Å². The lowest BCUT2D eigenvalue weighted by molar-refractivity contribution is -0.384. The van der Waals surface area contributed by atoms with Crippen LogP contribution in [0, 0.1) is 10.1 Å². The smallest absolute Gasteiger partial charge is 0.280 e. The molecule has 0 saturated carbocycles. The first-order valence-corrected chi connectivity index (χ1v) is 7.61. The fraction of sp³-hybridized carbons (Fsp3) is 0.176. The third-order valence-electron chi connectivity index (χ3n) is 3.56. The third kappa shape index (κ3) is 3.27. The molecule has 0 aliphatic carbocycles.